The lowest BCUT2D eigenvalue weighted by Crippen LogP contribution is -2.39. The van der Waals surface area contributed by atoms with Gasteiger partial charge in [0.05, 0.1) is 0 Å². The molecule has 1 rings (SSSR count). The van der Waals surface area contributed by atoms with Crippen LogP contribution >= 0.6 is 0 Å². The summed E-state index contributed by atoms with van der Waals surface area (Å²) >= 11 is 0. The Morgan fingerprint density at radius 3 is 2.09 bits per heavy atom. The topological polar surface area (TPSA) is 69.7 Å². The van der Waals surface area contributed by atoms with Gasteiger partial charge in [0.15, 0.2) is 6.10 Å². The van der Waals surface area contributed by atoms with E-state index in [0.717, 1.165) is 0 Å². The molecular weight excluding hydrogens is 337 g/mol. The maximum absolute atomic E-state index is 12.5. The molecule has 0 saturated heterocycles. The number of carbonyl (C=O) groups is 1. The number of halogens is 3. The minimum Gasteiger partial charge on any atom is -0.458 e. The van der Waals surface area contributed by atoms with Crippen LogP contribution in [0.4, 0.5) is 13.2 Å². The number of hydrogen-bond acceptors (Lipinski definition) is 5. The molecule has 9 heteroatoms. The first-order valence-electron chi connectivity index (χ1n) is 6.58. The van der Waals surface area contributed by atoms with Crippen LogP contribution in [0.3, 0.4) is 0 Å². The molecule has 1 aromatic carbocycles. The SMILES string of the molecule is CC(C)(C)OC(=O)[C@H](Cc1ccccc1)OS(=O)(=O)C(F)(F)F. The highest BCUT2D eigenvalue weighted by Gasteiger charge is 2.50. The molecule has 23 heavy (non-hydrogen) atoms. The fraction of sp³-hybridized carbons (Fsp3) is 0.500. The van der Waals surface area contributed by atoms with Gasteiger partial charge in [0.2, 0.25) is 0 Å². The van der Waals surface area contributed by atoms with Gasteiger partial charge in [-0.2, -0.15) is 21.6 Å². The number of hydrogen-bond donors (Lipinski definition) is 0. The number of rotatable bonds is 5. The third-order valence-corrected chi connectivity index (χ3v) is 3.51. The summed E-state index contributed by atoms with van der Waals surface area (Å²) in [6, 6.07) is 7.92. The third-order valence-electron chi connectivity index (χ3n) is 2.46. The third kappa shape index (κ3) is 6.19. The van der Waals surface area contributed by atoms with Gasteiger partial charge in [-0.1, -0.05) is 30.3 Å². The molecule has 130 valence electrons. The molecule has 0 fully saturated rings. The van der Waals surface area contributed by atoms with Gasteiger partial charge in [0, 0.05) is 6.42 Å². The highest BCUT2D eigenvalue weighted by molar-refractivity contribution is 7.87. The summed E-state index contributed by atoms with van der Waals surface area (Å²) in [5, 5.41) is 0. The van der Waals surface area contributed by atoms with E-state index in [1.807, 2.05) is 0 Å². The summed E-state index contributed by atoms with van der Waals surface area (Å²) in [6.07, 6.45) is -2.30. The van der Waals surface area contributed by atoms with E-state index in [-0.39, 0.29) is 6.42 Å². The van der Waals surface area contributed by atoms with Crippen molar-refractivity contribution in [3.63, 3.8) is 0 Å². The van der Waals surface area contributed by atoms with Crippen LogP contribution in [0.25, 0.3) is 0 Å². The van der Waals surface area contributed by atoms with Crippen molar-refractivity contribution in [3.05, 3.63) is 35.9 Å². The van der Waals surface area contributed by atoms with Crippen LogP contribution in [0, 0.1) is 0 Å². The highest BCUT2D eigenvalue weighted by Crippen LogP contribution is 2.27. The van der Waals surface area contributed by atoms with Gasteiger partial charge in [0.25, 0.3) is 0 Å². The molecule has 0 N–H and O–H groups in total. The van der Waals surface area contributed by atoms with Crippen molar-refractivity contribution in [2.45, 2.75) is 44.4 Å². The molecule has 0 aliphatic heterocycles. The van der Waals surface area contributed by atoms with Gasteiger partial charge in [0.1, 0.15) is 5.60 Å². The molecule has 1 atom stereocenters. The molecule has 5 nitrogen and oxygen atoms in total. The standard InChI is InChI=1S/C14H17F3O5S/c1-13(2,3)21-12(18)11(9-10-7-5-4-6-8-10)22-23(19,20)14(15,16)17/h4-8,11H,9H2,1-3H3/t11-/m0/s1. The summed E-state index contributed by atoms with van der Waals surface area (Å²) < 4.78 is 68.8. The van der Waals surface area contributed by atoms with Crippen molar-refractivity contribution in [1.29, 1.82) is 0 Å². The zero-order valence-electron chi connectivity index (χ0n) is 12.8. The van der Waals surface area contributed by atoms with E-state index in [1.165, 1.54) is 32.9 Å². The Morgan fingerprint density at radius 1 is 1.13 bits per heavy atom. The van der Waals surface area contributed by atoms with Gasteiger partial charge in [-0.15, -0.1) is 0 Å². The summed E-state index contributed by atoms with van der Waals surface area (Å²) in [4.78, 5) is 12.0. The normalized spacial score (nSPS) is 14.3. The Bertz CT molecular complexity index is 633. The number of esters is 1. The molecule has 0 bridgehead atoms. The minimum atomic E-state index is -5.92. The first-order valence-corrected chi connectivity index (χ1v) is 7.99. The van der Waals surface area contributed by atoms with Gasteiger partial charge >= 0.3 is 21.6 Å². The fourth-order valence-corrected chi connectivity index (χ4v) is 2.12. The van der Waals surface area contributed by atoms with Crippen LogP contribution in [0.1, 0.15) is 26.3 Å². The lowest BCUT2D eigenvalue weighted by atomic mass is 10.1. The molecule has 0 aliphatic carbocycles. The molecule has 0 aliphatic rings. The Kier molecular flexibility index (Phi) is 5.81. The fourth-order valence-electron chi connectivity index (χ4n) is 1.56. The Morgan fingerprint density at radius 2 is 1.65 bits per heavy atom. The van der Waals surface area contributed by atoms with Gasteiger partial charge < -0.3 is 4.74 Å². The molecule has 0 heterocycles. The highest BCUT2D eigenvalue weighted by atomic mass is 32.2. The maximum atomic E-state index is 12.5. The number of benzene rings is 1. The monoisotopic (exact) mass is 354 g/mol. The quantitative estimate of drug-likeness (QED) is 0.462. The van der Waals surface area contributed by atoms with Crippen LogP contribution < -0.4 is 0 Å². The van der Waals surface area contributed by atoms with E-state index < -0.39 is 33.3 Å². The molecular formula is C14H17F3O5S. The van der Waals surface area contributed by atoms with E-state index >= 15 is 0 Å². The molecule has 0 aromatic heterocycles. The summed E-state index contributed by atoms with van der Waals surface area (Å²) in [6.45, 7) is 4.51. The lowest BCUT2D eigenvalue weighted by molar-refractivity contribution is -0.163. The van der Waals surface area contributed by atoms with Crippen molar-refractivity contribution in [1.82, 2.24) is 0 Å². The lowest BCUT2D eigenvalue weighted by Gasteiger charge is -2.24. The van der Waals surface area contributed by atoms with Crippen molar-refractivity contribution in [2.24, 2.45) is 0 Å². The van der Waals surface area contributed by atoms with Crippen LogP contribution in [-0.2, 0) is 30.3 Å². The van der Waals surface area contributed by atoms with Crippen molar-refractivity contribution in [2.75, 3.05) is 0 Å². The van der Waals surface area contributed by atoms with Crippen molar-refractivity contribution < 1.29 is 35.3 Å². The van der Waals surface area contributed by atoms with E-state index in [2.05, 4.69) is 4.18 Å². The van der Waals surface area contributed by atoms with Crippen molar-refractivity contribution >= 4 is 16.1 Å². The average Bonchev–Trinajstić information content (AvgIpc) is 2.35. The first kappa shape index (κ1) is 19.4. The van der Waals surface area contributed by atoms with Gasteiger partial charge in [-0.05, 0) is 26.3 Å². The molecule has 0 spiro atoms. The number of alkyl halides is 3. The zero-order chi connectivity index (χ0) is 17.9. The Labute approximate surface area is 132 Å². The average molecular weight is 354 g/mol. The Hall–Kier alpha value is -1.61. The van der Waals surface area contributed by atoms with Gasteiger partial charge in [-0.3, -0.25) is 0 Å². The molecule has 0 unspecified atom stereocenters. The minimum absolute atomic E-state index is 0.370. The first-order chi connectivity index (χ1) is 10.3. The summed E-state index contributed by atoms with van der Waals surface area (Å²) in [5.41, 5.74) is -6.19. The number of ether oxygens (including phenoxy) is 1. The second kappa shape index (κ2) is 6.88. The number of carbonyl (C=O) groups excluding carboxylic acids is 1. The molecule has 0 radical (unpaired) electrons. The van der Waals surface area contributed by atoms with Crippen LogP contribution in [0.5, 0.6) is 0 Å². The van der Waals surface area contributed by atoms with Crippen LogP contribution in [0.2, 0.25) is 0 Å². The Balaban J connectivity index is 3.04. The maximum Gasteiger partial charge on any atom is 0.523 e. The van der Waals surface area contributed by atoms with E-state index in [0.29, 0.717) is 5.56 Å². The summed E-state index contributed by atoms with van der Waals surface area (Å²) in [5.74, 6) is -1.19. The van der Waals surface area contributed by atoms with Crippen molar-refractivity contribution in [3.8, 4) is 0 Å². The molecule has 1 aromatic rings. The second-order valence-electron chi connectivity index (χ2n) is 5.71. The largest absolute Gasteiger partial charge is 0.523 e. The molecule has 0 saturated carbocycles. The van der Waals surface area contributed by atoms with E-state index in [4.69, 9.17) is 4.74 Å². The smallest absolute Gasteiger partial charge is 0.458 e. The molecule has 0 amide bonds. The predicted octanol–water partition coefficient (Wildman–Crippen LogP) is 2.81. The van der Waals surface area contributed by atoms with E-state index in [9.17, 15) is 26.4 Å². The second-order valence-corrected chi connectivity index (χ2v) is 7.27. The van der Waals surface area contributed by atoms with E-state index in [1.54, 1.807) is 18.2 Å². The predicted molar refractivity (Wildman–Crippen MR) is 75.8 cm³/mol. The van der Waals surface area contributed by atoms with Gasteiger partial charge in [-0.25, -0.2) is 8.98 Å². The van der Waals surface area contributed by atoms with Crippen LogP contribution in [0.15, 0.2) is 30.3 Å². The van der Waals surface area contributed by atoms with Crippen LogP contribution in [-0.4, -0.2) is 31.6 Å². The summed E-state index contributed by atoms with van der Waals surface area (Å²) in [7, 11) is -5.92. The zero-order valence-corrected chi connectivity index (χ0v) is 13.6.